The molecule has 3 N–H and O–H groups in total. The average molecular weight is 269 g/mol. The Labute approximate surface area is 116 Å². The number of thioether (sulfide) groups is 1. The average Bonchev–Trinajstić information content (AvgIpc) is 2.88. The van der Waals surface area contributed by atoms with Crippen molar-refractivity contribution in [3.63, 3.8) is 0 Å². The summed E-state index contributed by atoms with van der Waals surface area (Å²) in [5.74, 6) is 0.809. The molecule has 1 heterocycles. The molecule has 4 heteroatoms. The summed E-state index contributed by atoms with van der Waals surface area (Å²) < 4.78 is 0. The third-order valence-corrected chi connectivity index (χ3v) is 3.99. The van der Waals surface area contributed by atoms with Crippen LogP contribution in [0.1, 0.15) is 11.6 Å². The zero-order valence-electron chi connectivity index (χ0n) is 10.4. The highest BCUT2D eigenvalue weighted by molar-refractivity contribution is 7.99. The predicted molar refractivity (Wildman–Crippen MR) is 80.2 cm³/mol. The molecule has 1 aromatic heterocycles. The minimum absolute atomic E-state index is 0.0272. The molecule has 1 atom stereocenters. The number of para-hydroxylation sites is 2. The van der Waals surface area contributed by atoms with Gasteiger partial charge in [0.15, 0.2) is 5.16 Å². The van der Waals surface area contributed by atoms with Gasteiger partial charge in [0.1, 0.15) is 0 Å². The number of nitrogens with two attached hydrogens (primary N) is 1. The number of aromatic nitrogens is 2. The van der Waals surface area contributed by atoms with Crippen LogP contribution in [-0.2, 0) is 0 Å². The summed E-state index contributed by atoms with van der Waals surface area (Å²) in [7, 11) is 0. The van der Waals surface area contributed by atoms with E-state index in [2.05, 4.69) is 22.1 Å². The number of imidazole rings is 1. The molecule has 19 heavy (non-hydrogen) atoms. The number of fused-ring (bicyclic) bond motifs is 1. The smallest absolute Gasteiger partial charge is 0.166 e. The monoisotopic (exact) mass is 269 g/mol. The fraction of sp³-hybridized carbons (Fsp3) is 0.133. The van der Waals surface area contributed by atoms with Gasteiger partial charge in [0.25, 0.3) is 0 Å². The van der Waals surface area contributed by atoms with E-state index < -0.39 is 0 Å². The van der Waals surface area contributed by atoms with E-state index in [0.717, 1.165) is 27.5 Å². The van der Waals surface area contributed by atoms with Gasteiger partial charge >= 0.3 is 0 Å². The maximum atomic E-state index is 6.17. The molecule has 0 aliphatic heterocycles. The van der Waals surface area contributed by atoms with Gasteiger partial charge in [-0.25, -0.2) is 4.98 Å². The topological polar surface area (TPSA) is 54.7 Å². The molecule has 0 radical (unpaired) electrons. The molecule has 1 unspecified atom stereocenters. The highest BCUT2D eigenvalue weighted by Crippen LogP contribution is 2.23. The van der Waals surface area contributed by atoms with Crippen LogP contribution >= 0.6 is 11.8 Å². The van der Waals surface area contributed by atoms with Crippen LogP contribution in [0, 0.1) is 0 Å². The molecule has 0 aliphatic rings. The summed E-state index contributed by atoms with van der Waals surface area (Å²) in [4.78, 5) is 7.83. The van der Waals surface area contributed by atoms with Crippen LogP contribution in [0.5, 0.6) is 0 Å². The molecule has 0 spiro atoms. The van der Waals surface area contributed by atoms with Gasteiger partial charge in [0, 0.05) is 11.8 Å². The molecule has 96 valence electrons. The van der Waals surface area contributed by atoms with Crippen LogP contribution in [0.3, 0.4) is 0 Å². The molecule has 3 rings (SSSR count). The molecule has 0 saturated carbocycles. The summed E-state index contributed by atoms with van der Waals surface area (Å²) in [5.41, 5.74) is 9.40. The second-order valence-electron chi connectivity index (χ2n) is 4.39. The lowest BCUT2D eigenvalue weighted by Gasteiger charge is -2.09. The number of aromatic amines is 1. The highest BCUT2D eigenvalue weighted by Gasteiger charge is 2.08. The van der Waals surface area contributed by atoms with Crippen molar-refractivity contribution >= 4 is 22.8 Å². The minimum Gasteiger partial charge on any atom is -0.333 e. The Kier molecular flexibility index (Phi) is 3.53. The minimum atomic E-state index is 0.0272. The number of benzene rings is 2. The molecule has 2 aromatic carbocycles. The van der Waals surface area contributed by atoms with E-state index in [4.69, 9.17) is 5.73 Å². The van der Waals surface area contributed by atoms with Gasteiger partial charge in [0.05, 0.1) is 11.0 Å². The van der Waals surface area contributed by atoms with E-state index in [9.17, 15) is 0 Å². The number of H-pyrrole nitrogens is 1. The summed E-state index contributed by atoms with van der Waals surface area (Å²) >= 11 is 1.66. The number of rotatable bonds is 4. The van der Waals surface area contributed by atoms with E-state index in [1.54, 1.807) is 11.8 Å². The van der Waals surface area contributed by atoms with Crippen molar-refractivity contribution in [1.82, 2.24) is 9.97 Å². The van der Waals surface area contributed by atoms with E-state index in [0.29, 0.717) is 0 Å². The normalized spacial score (nSPS) is 12.7. The van der Waals surface area contributed by atoms with Gasteiger partial charge in [-0.05, 0) is 17.7 Å². The lowest BCUT2D eigenvalue weighted by atomic mass is 10.1. The lowest BCUT2D eigenvalue weighted by Crippen LogP contribution is -2.12. The second-order valence-corrected chi connectivity index (χ2v) is 5.40. The van der Waals surface area contributed by atoms with Crippen LogP contribution in [-0.4, -0.2) is 15.7 Å². The van der Waals surface area contributed by atoms with Gasteiger partial charge in [0.2, 0.25) is 0 Å². The zero-order valence-corrected chi connectivity index (χ0v) is 11.2. The quantitative estimate of drug-likeness (QED) is 0.714. The van der Waals surface area contributed by atoms with Crippen molar-refractivity contribution in [1.29, 1.82) is 0 Å². The summed E-state index contributed by atoms with van der Waals surface area (Å²) in [5, 5.41) is 0.924. The largest absolute Gasteiger partial charge is 0.333 e. The number of hydrogen-bond donors (Lipinski definition) is 2. The van der Waals surface area contributed by atoms with Crippen LogP contribution in [0.15, 0.2) is 59.8 Å². The van der Waals surface area contributed by atoms with Crippen molar-refractivity contribution in [2.75, 3.05) is 5.75 Å². The van der Waals surface area contributed by atoms with Crippen molar-refractivity contribution in [3.05, 3.63) is 60.2 Å². The molecular weight excluding hydrogens is 254 g/mol. The first-order valence-electron chi connectivity index (χ1n) is 6.21. The highest BCUT2D eigenvalue weighted by atomic mass is 32.2. The lowest BCUT2D eigenvalue weighted by molar-refractivity contribution is 0.829. The summed E-state index contributed by atoms with van der Waals surface area (Å²) in [6.45, 7) is 0. The molecule has 0 bridgehead atoms. The molecule has 0 fully saturated rings. The van der Waals surface area contributed by atoms with Crippen LogP contribution in [0.2, 0.25) is 0 Å². The van der Waals surface area contributed by atoms with Crippen molar-refractivity contribution in [3.8, 4) is 0 Å². The maximum Gasteiger partial charge on any atom is 0.166 e. The number of nitrogens with one attached hydrogen (secondary N) is 1. The Bertz CT molecular complexity index is 630. The van der Waals surface area contributed by atoms with Gasteiger partial charge in [-0.1, -0.05) is 54.2 Å². The second kappa shape index (κ2) is 5.47. The Morgan fingerprint density at radius 1 is 1.05 bits per heavy atom. The van der Waals surface area contributed by atoms with Crippen molar-refractivity contribution < 1.29 is 0 Å². The van der Waals surface area contributed by atoms with Gasteiger partial charge < -0.3 is 10.7 Å². The first kappa shape index (κ1) is 12.3. The van der Waals surface area contributed by atoms with Gasteiger partial charge in [-0.15, -0.1) is 0 Å². The molecular formula is C15H15N3S. The Balaban J connectivity index is 1.69. The van der Waals surface area contributed by atoms with Gasteiger partial charge in [-0.3, -0.25) is 0 Å². The summed E-state index contributed by atoms with van der Waals surface area (Å²) in [6, 6.07) is 18.2. The number of hydrogen-bond acceptors (Lipinski definition) is 3. The molecule has 3 nitrogen and oxygen atoms in total. The first-order chi connectivity index (χ1) is 9.33. The Morgan fingerprint density at radius 3 is 2.58 bits per heavy atom. The molecule has 3 aromatic rings. The van der Waals surface area contributed by atoms with Gasteiger partial charge in [-0.2, -0.15) is 0 Å². The van der Waals surface area contributed by atoms with E-state index in [1.807, 2.05) is 42.5 Å². The van der Waals surface area contributed by atoms with Crippen molar-refractivity contribution in [2.45, 2.75) is 11.2 Å². The van der Waals surface area contributed by atoms with E-state index >= 15 is 0 Å². The first-order valence-corrected chi connectivity index (χ1v) is 7.19. The fourth-order valence-electron chi connectivity index (χ4n) is 1.96. The standard InChI is InChI=1S/C15H15N3S/c16-12(11-6-2-1-3-7-11)10-19-15-17-13-8-4-5-9-14(13)18-15/h1-9,12H,10,16H2,(H,17,18). The molecule has 0 saturated heterocycles. The fourth-order valence-corrected chi connectivity index (χ4v) is 2.84. The number of nitrogens with zero attached hydrogens (tertiary/aromatic N) is 1. The molecule has 0 amide bonds. The Morgan fingerprint density at radius 2 is 1.79 bits per heavy atom. The Hall–Kier alpha value is -1.78. The molecule has 0 aliphatic carbocycles. The van der Waals surface area contributed by atoms with E-state index in [-0.39, 0.29) is 6.04 Å². The van der Waals surface area contributed by atoms with Crippen LogP contribution in [0.25, 0.3) is 11.0 Å². The maximum absolute atomic E-state index is 6.17. The van der Waals surface area contributed by atoms with E-state index in [1.165, 1.54) is 0 Å². The van der Waals surface area contributed by atoms with Crippen molar-refractivity contribution in [2.24, 2.45) is 5.73 Å². The van der Waals surface area contributed by atoms with Crippen LogP contribution in [0.4, 0.5) is 0 Å². The SMILES string of the molecule is NC(CSc1nc2ccccc2[nH]1)c1ccccc1. The zero-order chi connectivity index (χ0) is 13.1. The third-order valence-electron chi connectivity index (χ3n) is 2.99. The van der Waals surface area contributed by atoms with Crippen LogP contribution < -0.4 is 5.73 Å². The third kappa shape index (κ3) is 2.80. The predicted octanol–water partition coefficient (Wildman–Crippen LogP) is 3.36. The summed E-state index contributed by atoms with van der Waals surface area (Å²) in [6.07, 6.45) is 0.